The minimum atomic E-state index is -0.805. The summed E-state index contributed by atoms with van der Waals surface area (Å²) in [5.74, 6) is 5.13. The van der Waals surface area contributed by atoms with Crippen LogP contribution < -0.4 is 11.3 Å². The highest BCUT2D eigenvalue weighted by Crippen LogP contribution is 2.36. The number of ether oxygens (including phenoxy) is 1. The van der Waals surface area contributed by atoms with Gasteiger partial charge >= 0.3 is 6.09 Å². The molecule has 1 aromatic carbocycles. The molecule has 0 saturated carbocycles. The van der Waals surface area contributed by atoms with Gasteiger partial charge in [-0.1, -0.05) is 35.2 Å². The number of benzene rings is 1. The smallest absolute Gasteiger partial charge is 0.435 e. The molecule has 0 aliphatic rings. The Balaban J connectivity index is 2.72. The van der Waals surface area contributed by atoms with E-state index in [4.69, 9.17) is 33.7 Å². The Kier molecular flexibility index (Phi) is 5.83. The van der Waals surface area contributed by atoms with Gasteiger partial charge in [-0.3, -0.25) is 4.79 Å². The maximum absolute atomic E-state index is 12.9. The van der Waals surface area contributed by atoms with Crippen LogP contribution in [0.3, 0.4) is 0 Å². The second-order valence-electron chi connectivity index (χ2n) is 5.39. The van der Waals surface area contributed by atoms with Crippen molar-refractivity contribution in [3.05, 3.63) is 38.6 Å². The lowest BCUT2D eigenvalue weighted by Crippen LogP contribution is -2.30. The van der Waals surface area contributed by atoms with E-state index in [2.05, 4.69) is 11.8 Å². The lowest BCUT2D eigenvalue weighted by Gasteiger charge is -2.13. The molecule has 1 heterocycles. The van der Waals surface area contributed by atoms with Gasteiger partial charge in [-0.25, -0.2) is 9.48 Å². The van der Waals surface area contributed by atoms with Crippen molar-refractivity contribution in [1.29, 1.82) is 0 Å². The summed E-state index contributed by atoms with van der Waals surface area (Å²) in [4.78, 5) is 25.3. The molecule has 25 heavy (non-hydrogen) atoms. The molecule has 6 nitrogen and oxygen atoms in total. The summed E-state index contributed by atoms with van der Waals surface area (Å²) in [6.07, 6.45) is -0.805. The molecule has 0 unspecified atom stereocenters. The molecular weight excluding hydrogens is 365 g/mol. The van der Waals surface area contributed by atoms with Crippen molar-refractivity contribution >= 4 is 35.1 Å². The maximum atomic E-state index is 12.9. The number of nitrogens with two attached hydrogens (primary N) is 1. The Hall–Kier alpha value is -2.36. The number of halogens is 2. The van der Waals surface area contributed by atoms with Crippen LogP contribution >= 0.6 is 23.2 Å². The molecule has 0 radical (unpaired) electrons. The Morgan fingerprint density at radius 1 is 1.28 bits per heavy atom. The minimum Gasteiger partial charge on any atom is -0.435 e. The van der Waals surface area contributed by atoms with Crippen LogP contribution in [0.2, 0.25) is 10.0 Å². The van der Waals surface area contributed by atoms with E-state index in [1.807, 2.05) is 0 Å². The minimum absolute atomic E-state index is 0.0582. The Bertz CT molecular complexity index is 913. The van der Waals surface area contributed by atoms with Gasteiger partial charge in [-0.05, 0) is 32.9 Å². The fraction of sp³-hybridized carbons (Fsp3) is 0.294. The fourth-order valence-electron chi connectivity index (χ4n) is 2.39. The Labute approximate surface area is 155 Å². The first-order valence-corrected chi connectivity index (χ1v) is 8.20. The molecular formula is C17H17Cl2N3O3. The summed E-state index contributed by atoms with van der Waals surface area (Å²) < 4.78 is 7.24. The molecule has 132 valence electrons. The van der Waals surface area contributed by atoms with Gasteiger partial charge in [-0.15, -0.1) is 5.92 Å². The lowest BCUT2D eigenvalue weighted by atomic mass is 10.1. The number of anilines is 1. The molecule has 0 amide bonds. The first kappa shape index (κ1) is 19.0. The second kappa shape index (κ2) is 7.68. The normalized spacial score (nSPS) is 10.5. The molecule has 2 rings (SSSR count). The van der Waals surface area contributed by atoms with Crippen molar-refractivity contribution in [2.24, 2.45) is 0 Å². The second-order valence-corrected chi connectivity index (χ2v) is 6.21. The maximum Gasteiger partial charge on any atom is 0.436 e. The van der Waals surface area contributed by atoms with Gasteiger partial charge in [-0.2, -0.15) is 4.68 Å². The summed E-state index contributed by atoms with van der Waals surface area (Å²) in [6, 6.07) is 4.48. The van der Waals surface area contributed by atoms with Gasteiger partial charge in [0.1, 0.15) is 5.82 Å². The van der Waals surface area contributed by atoms with E-state index in [0.29, 0.717) is 0 Å². The average Bonchev–Trinajstić information content (AvgIpc) is 2.79. The average molecular weight is 382 g/mol. The number of carbonyl (C=O) groups is 1. The molecule has 2 aromatic rings. The van der Waals surface area contributed by atoms with Gasteiger partial charge in [0.2, 0.25) is 0 Å². The highest BCUT2D eigenvalue weighted by Gasteiger charge is 2.27. The SMILES string of the molecule is CC#CCOC(=O)n1c(N)c(-c2c(Cl)cccc2Cl)c(=O)n1C(C)C. The number of nitrogens with zero attached hydrogens (tertiary/aromatic N) is 2. The summed E-state index contributed by atoms with van der Waals surface area (Å²) in [5.41, 5.74) is 5.96. The monoisotopic (exact) mass is 381 g/mol. The van der Waals surface area contributed by atoms with Crippen molar-refractivity contribution in [2.75, 3.05) is 12.3 Å². The molecule has 0 saturated heterocycles. The zero-order valence-electron chi connectivity index (χ0n) is 14.0. The van der Waals surface area contributed by atoms with E-state index in [-0.39, 0.29) is 39.6 Å². The van der Waals surface area contributed by atoms with Crippen molar-refractivity contribution < 1.29 is 9.53 Å². The van der Waals surface area contributed by atoms with Crippen LogP contribution in [-0.2, 0) is 4.74 Å². The molecule has 0 spiro atoms. The first-order valence-electron chi connectivity index (χ1n) is 7.45. The van der Waals surface area contributed by atoms with E-state index in [1.54, 1.807) is 39.0 Å². The molecule has 0 aliphatic heterocycles. The van der Waals surface area contributed by atoms with Crippen molar-refractivity contribution in [3.8, 4) is 23.0 Å². The number of rotatable bonds is 3. The molecule has 0 aliphatic carbocycles. The highest BCUT2D eigenvalue weighted by molar-refractivity contribution is 6.39. The van der Waals surface area contributed by atoms with Gasteiger partial charge in [0.25, 0.3) is 5.56 Å². The number of hydrogen-bond acceptors (Lipinski definition) is 4. The quantitative estimate of drug-likeness (QED) is 0.820. The van der Waals surface area contributed by atoms with Gasteiger partial charge in [0, 0.05) is 11.6 Å². The third-order valence-corrected chi connectivity index (χ3v) is 4.07. The largest absolute Gasteiger partial charge is 0.436 e. The predicted octanol–water partition coefficient (Wildman–Crippen LogP) is 3.79. The molecule has 0 atom stereocenters. The number of aromatic nitrogens is 2. The van der Waals surface area contributed by atoms with Crippen molar-refractivity contribution in [2.45, 2.75) is 26.8 Å². The van der Waals surface area contributed by atoms with Gasteiger partial charge < -0.3 is 10.5 Å². The van der Waals surface area contributed by atoms with Crippen LogP contribution in [-0.4, -0.2) is 22.1 Å². The van der Waals surface area contributed by atoms with Crippen LogP contribution in [0.5, 0.6) is 0 Å². The van der Waals surface area contributed by atoms with E-state index in [1.165, 1.54) is 4.68 Å². The predicted molar refractivity (Wildman–Crippen MR) is 99.1 cm³/mol. The molecule has 0 bridgehead atoms. The third kappa shape index (κ3) is 3.53. The fourth-order valence-corrected chi connectivity index (χ4v) is 2.98. The standard InChI is InChI=1S/C17H17Cl2N3O3/c1-4-5-9-25-17(24)22-15(20)14(16(23)21(22)10(2)3)13-11(18)7-6-8-12(13)19/h6-8,10H,9,20H2,1-3H3. The summed E-state index contributed by atoms with van der Waals surface area (Å²) in [5, 5.41) is 0.518. The van der Waals surface area contributed by atoms with Gasteiger partial charge in [0.05, 0.1) is 15.6 Å². The van der Waals surface area contributed by atoms with Crippen LogP contribution in [0.1, 0.15) is 26.8 Å². The zero-order valence-corrected chi connectivity index (χ0v) is 15.5. The van der Waals surface area contributed by atoms with E-state index in [9.17, 15) is 9.59 Å². The molecule has 8 heteroatoms. The van der Waals surface area contributed by atoms with Crippen LogP contribution in [0.15, 0.2) is 23.0 Å². The third-order valence-electron chi connectivity index (χ3n) is 3.44. The van der Waals surface area contributed by atoms with Crippen molar-refractivity contribution in [1.82, 2.24) is 9.36 Å². The molecule has 0 fully saturated rings. The van der Waals surface area contributed by atoms with Gasteiger partial charge in [0.15, 0.2) is 6.61 Å². The summed E-state index contributed by atoms with van der Waals surface area (Å²) in [6.45, 7) is 5.00. The van der Waals surface area contributed by atoms with E-state index in [0.717, 1.165) is 4.68 Å². The molecule has 2 N–H and O–H groups in total. The van der Waals surface area contributed by atoms with Crippen LogP contribution in [0.25, 0.3) is 11.1 Å². The van der Waals surface area contributed by atoms with E-state index < -0.39 is 11.7 Å². The Morgan fingerprint density at radius 2 is 1.88 bits per heavy atom. The highest BCUT2D eigenvalue weighted by atomic mass is 35.5. The lowest BCUT2D eigenvalue weighted by molar-refractivity contribution is 0.152. The number of hydrogen-bond donors (Lipinski definition) is 1. The summed E-state index contributed by atoms with van der Waals surface area (Å²) >= 11 is 12.4. The first-order chi connectivity index (χ1) is 11.8. The van der Waals surface area contributed by atoms with Crippen molar-refractivity contribution in [3.63, 3.8) is 0 Å². The zero-order chi connectivity index (χ0) is 18.7. The van der Waals surface area contributed by atoms with Crippen LogP contribution in [0, 0.1) is 11.8 Å². The molecule has 1 aromatic heterocycles. The number of nitrogen functional groups attached to an aromatic ring is 1. The number of carbonyl (C=O) groups excluding carboxylic acids is 1. The Morgan fingerprint density at radius 3 is 2.40 bits per heavy atom. The topological polar surface area (TPSA) is 79.2 Å². The van der Waals surface area contributed by atoms with E-state index >= 15 is 0 Å². The van der Waals surface area contributed by atoms with Crippen LogP contribution in [0.4, 0.5) is 10.6 Å². The summed E-state index contributed by atoms with van der Waals surface area (Å²) in [7, 11) is 0.